The molecule has 0 radical (unpaired) electrons. The van der Waals surface area contributed by atoms with E-state index in [1.807, 2.05) is 12.3 Å². The van der Waals surface area contributed by atoms with Crippen molar-refractivity contribution in [3.63, 3.8) is 0 Å². The molecule has 1 N–H and O–H groups in total. The van der Waals surface area contributed by atoms with E-state index in [9.17, 15) is 5.11 Å². The van der Waals surface area contributed by atoms with Gasteiger partial charge in [-0.3, -0.25) is 0 Å². The van der Waals surface area contributed by atoms with Crippen LogP contribution >= 0.6 is 11.3 Å². The number of aliphatic hydroxyl groups is 1. The molecule has 0 amide bonds. The summed E-state index contributed by atoms with van der Waals surface area (Å²) in [6.45, 7) is 3.99. The van der Waals surface area contributed by atoms with Gasteiger partial charge in [0.25, 0.3) is 0 Å². The topological polar surface area (TPSA) is 33.1 Å². The van der Waals surface area contributed by atoms with Gasteiger partial charge >= 0.3 is 0 Å². The first-order valence-electron chi connectivity index (χ1n) is 4.17. The highest BCUT2D eigenvalue weighted by molar-refractivity contribution is 7.07. The molecular weight excluding hydrogens is 170 g/mol. The van der Waals surface area contributed by atoms with Crippen LogP contribution in [-0.4, -0.2) is 10.1 Å². The largest absolute Gasteiger partial charge is 0.383 e. The SMILES string of the molecule is CC1(C(C)(O)c2cscn2)CC1. The third-order valence-corrected chi connectivity index (χ3v) is 3.69. The monoisotopic (exact) mass is 183 g/mol. The van der Waals surface area contributed by atoms with E-state index in [4.69, 9.17) is 0 Å². The van der Waals surface area contributed by atoms with E-state index in [1.54, 1.807) is 5.51 Å². The first-order chi connectivity index (χ1) is 5.56. The van der Waals surface area contributed by atoms with Crippen molar-refractivity contribution >= 4 is 11.3 Å². The fourth-order valence-electron chi connectivity index (χ4n) is 1.44. The Morgan fingerprint density at radius 3 is 2.75 bits per heavy atom. The van der Waals surface area contributed by atoms with Gasteiger partial charge in [-0.2, -0.15) is 0 Å². The molecule has 3 heteroatoms. The predicted octanol–water partition coefficient (Wildman–Crippen LogP) is 2.15. The van der Waals surface area contributed by atoms with Gasteiger partial charge in [-0.05, 0) is 19.8 Å². The minimum Gasteiger partial charge on any atom is -0.383 e. The van der Waals surface area contributed by atoms with Crippen molar-refractivity contribution in [2.75, 3.05) is 0 Å². The molecule has 1 aromatic rings. The number of hydrogen-bond donors (Lipinski definition) is 1. The average Bonchev–Trinajstić information content (AvgIpc) is 2.59. The highest BCUT2D eigenvalue weighted by Crippen LogP contribution is 2.57. The molecule has 1 heterocycles. The first-order valence-corrected chi connectivity index (χ1v) is 5.12. The standard InChI is InChI=1S/C9H13NOS/c1-8(3-4-8)9(2,11)7-5-12-6-10-7/h5-6,11H,3-4H2,1-2H3. The maximum atomic E-state index is 10.2. The molecule has 1 atom stereocenters. The fourth-order valence-corrected chi connectivity index (χ4v) is 2.09. The molecule has 1 fully saturated rings. The van der Waals surface area contributed by atoms with Gasteiger partial charge in [0.05, 0.1) is 11.2 Å². The summed E-state index contributed by atoms with van der Waals surface area (Å²) in [5.41, 5.74) is 1.94. The first kappa shape index (κ1) is 8.20. The summed E-state index contributed by atoms with van der Waals surface area (Å²) in [5.74, 6) is 0. The Morgan fingerprint density at radius 1 is 1.67 bits per heavy atom. The fraction of sp³-hybridized carbons (Fsp3) is 0.667. The van der Waals surface area contributed by atoms with E-state index in [0.29, 0.717) is 0 Å². The maximum absolute atomic E-state index is 10.2. The van der Waals surface area contributed by atoms with Crippen molar-refractivity contribution in [3.8, 4) is 0 Å². The van der Waals surface area contributed by atoms with Gasteiger partial charge in [0, 0.05) is 10.8 Å². The summed E-state index contributed by atoms with van der Waals surface area (Å²) in [4.78, 5) is 4.16. The van der Waals surface area contributed by atoms with E-state index >= 15 is 0 Å². The molecule has 1 saturated carbocycles. The lowest BCUT2D eigenvalue weighted by Crippen LogP contribution is -2.31. The Hall–Kier alpha value is -0.410. The molecule has 2 nitrogen and oxygen atoms in total. The van der Waals surface area contributed by atoms with Crippen molar-refractivity contribution in [2.24, 2.45) is 5.41 Å². The third-order valence-electron chi connectivity index (χ3n) is 3.11. The van der Waals surface area contributed by atoms with Gasteiger partial charge in [-0.1, -0.05) is 6.92 Å². The summed E-state index contributed by atoms with van der Waals surface area (Å²) in [6.07, 6.45) is 2.22. The second-order valence-corrected chi connectivity index (χ2v) is 4.73. The van der Waals surface area contributed by atoms with Gasteiger partial charge in [0.2, 0.25) is 0 Å². The molecule has 0 saturated heterocycles. The Balaban J connectivity index is 2.33. The highest BCUT2D eigenvalue weighted by Gasteiger charge is 2.53. The zero-order chi connectivity index (χ0) is 8.82. The zero-order valence-corrected chi connectivity index (χ0v) is 8.19. The lowest BCUT2D eigenvalue weighted by Gasteiger charge is -2.28. The molecule has 12 heavy (non-hydrogen) atoms. The Kier molecular flexibility index (Phi) is 1.57. The van der Waals surface area contributed by atoms with Crippen LogP contribution in [0.1, 0.15) is 32.4 Å². The van der Waals surface area contributed by atoms with Crippen molar-refractivity contribution in [3.05, 3.63) is 16.6 Å². The second kappa shape index (κ2) is 2.30. The zero-order valence-electron chi connectivity index (χ0n) is 7.37. The third kappa shape index (κ3) is 1.00. The van der Waals surface area contributed by atoms with E-state index in [-0.39, 0.29) is 5.41 Å². The predicted molar refractivity (Wildman–Crippen MR) is 49.0 cm³/mol. The molecular formula is C9H13NOS. The molecule has 0 spiro atoms. The number of hydrogen-bond acceptors (Lipinski definition) is 3. The van der Waals surface area contributed by atoms with Crippen LogP contribution in [0, 0.1) is 5.41 Å². The maximum Gasteiger partial charge on any atom is 0.110 e. The molecule has 0 aromatic carbocycles. The van der Waals surface area contributed by atoms with E-state index < -0.39 is 5.60 Å². The van der Waals surface area contributed by atoms with Crippen molar-refractivity contribution in [1.29, 1.82) is 0 Å². The van der Waals surface area contributed by atoms with E-state index in [0.717, 1.165) is 18.5 Å². The smallest absolute Gasteiger partial charge is 0.110 e. The highest BCUT2D eigenvalue weighted by atomic mass is 32.1. The molecule has 2 rings (SSSR count). The van der Waals surface area contributed by atoms with Crippen LogP contribution in [0.15, 0.2) is 10.9 Å². The van der Waals surface area contributed by atoms with Crippen LogP contribution in [0.4, 0.5) is 0 Å². The van der Waals surface area contributed by atoms with Crippen molar-refractivity contribution < 1.29 is 5.11 Å². The number of rotatable bonds is 2. The van der Waals surface area contributed by atoms with Gasteiger partial charge in [0.15, 0.2) is 0 Å². The molecule has 0 aliphatic heterocycles. The normalized spacial score (nSPS) is 24.9. The second-order valence-electron chi connectivity index (χ2n) is 4.01. The Morgan fingerprint density at radius 2 is 2.33 bits per heavy atom. The molecule has 1 aliphatic carbocycles. The van der Waals surface area contributed by atoms with Gasteiger partial charge in [0.1, 0.15) is 5.60 Å². The summed E-state index contributed by atoms with van der Waals surface area (Å²) in [5, 5.41) is 12.2. The van der Waals surface area contributed by atoms with Crippen LogP contribution in [0.5, 0.6) is 0 Å². The number of thiazole rings is 1. The molecule has 66 valence electrons. The molecule has 0 bridgehead atoms. The van der Waals surface area contributed by atoms with Crippen LogP contribution in [-0.2, 0) is 5.60 Å². The number of aromatic nitrogens is 1. The van der Waals surface area contributed by atoms with Gasteiger partial charge < -0.3 is 5.11 Å². The minimum atomic E-state index is -0.729. The average molecular weight is 183 g/mol. The van der Waals surface area contributed by atoms with Crippen LogP contribution in [0.2, 0.25) is 0 Å². The van der Waals surface area contributed by atoms with E-state index in [1.165, 1.54) is 11.3 Å². The number of nitrogens with zero attached hydrogens (tertiary/aromatic N) is 1. The lowest BCUT2D eigenvalue weighted by atomic mass is 9.85. The summed E-state index contributed by atoms with van der Waals surface area (Å²) >= 11 is 1.54. The van der Waals surface area contributed by atoms with E-state index in [2.05, 4.69) is 11.9 Å². The van der Waals surface area contributed by atoms with Crippen LogP contribution in [0.25, 0.3) is 0 Å². The Labute approximate surface area is 76.3 Å². The molecule has 1 unspecified atom stereocenters. The Bertz CT molecular complexity index is 275. The van der Waals surface area contributed by atoms with Crippen molar-refractivity contribution in [1.82, 2.24) is 4.98 Å². The summed E-state index contributed by atoms with van der Waals surface area (Å²) < 4.78 is 0. The van der Waals surface area contributed by atoms with Gasteiger partial charge in [-0.25, -0.2) is 4.98 Å². The van der Waals surface area contributed by atoms with Crippen molar-refractivity contribution in [2.45, 2.75) is 32.3 Å². The molecule has 1 aromatic heterocycles. The molecule has 1 aliphatic rings. The summed E-state index contributed by atoms with van der Waals surface area (Å²) in [6, 6.07) is 0. The van der Waals surface area contributed by atoms with Gasteiger partial charge in [-0.15, -0.1) is 11.3 Å². The van der Waals surface area contributed by atoms with Crippen LogP contribution < -0.4 is 0 Å². The van der Waals surface area contributed by atoms with Crippen LogP contribution in [0.3, 0.4) is 0 Å². The summed E-state index contributed by atoms with van der Waals surface area (Å²) in [7, 11) is 0. The minimum absolute atomic E-state index is 0.0705. The lowest BCUT2D eigenvalue weighted by molar-refractivity contribution is -0.0161. The quantitative estimate of drug-likeness (QED) is 0.762.